The molecule has 1 aromatic rings. The van der Waals surface area contributed by atoms with E-state index >= 15 is 0 Å². The molecule has 36 heavy (non-hydrogen) atoms. The zero-order valence-corrected chi connectivity index (χ0v) is 22.2. The van der Waals surface area contributed by atoms with Crippen LogP contribution in [0.15, 0.2) is 30.4 Å². The van der Waals surface area contributed by atoms with Crippen molar-refractivity contribution in [2.45, 2.75) is 77.2 Å². The summed E-state index contributed by atoms with van der Waals surface area (Å²) in [6.07, 6.45) is 7.05. The van der Waals surface area contributed by atoms with Gasteiger partial charge in [0.2, 0.25) is 17.7 Å². The molecule has 2 bridgehead atoms. The first kappa shape index (κ1) is 25.3. The standard InChI is InChI=1S/C28H36ClN3O4/c1-5-13-32-24(26(34)31-20-8-6-7-15(2)17(20)4)28-12-11-21(36-28)22(23(28)27(32)35)25(33)30-18-10-9-16(3)19(29)14-18/h9-12,14-15,17,20-24H,5-8,13H2,1-4H3,(H,30,33)(H,31,34). The second kappa shape index (κ2) is 9.49. The fourth-order valence-electron chi connectivity index (χ4n) is 6.69. The molecule has 8 atom stereocenters. The normalized spacial score (nSPS) is 36.8. The van der Waals surface area contributed by atoms with E-state index in [1.54, 1.807) is 17.0 Å². The lowest BCUT2D eigenvalue weighted by molar-refractivity contribution is -0.141. The number of nitrogens with zero attached hydrogens (tertiary/aromatic N) is 1. The first-order chi connectivity index (χ1) is 17.2. The predicted molar refractivity (Wildman–Crippen MR) is 138 cm³/mol. The Balaban J connectivity index is 1.42. The van der Waals surface area contributed by atoms with Gasteiger partial charge in [-0.3, -0.25) is 14.4 Å². The highest BCUT2D eigenvalue weighted by Gasteiger charge is 2.72. The summed E-state index contributed by atoms with van der Waals surface area (Å²) in [5.74, 6) is -1.21. The van der Waals surface area contributed by atoms with E-state index in [0.29, 0.717) is 35.5 Å². The van der Waals surface area contributed by atoms with Crippen LogP contribution in [0.25, 0.3) is 0 Å². The third-order valence-corrected chi connectivity index (χ3v) is 9.27. The average Bonchev–Trinajstić information content (AvgIpc) is 3.47. The Bertz CT molecular complexity index is 1110. The Hall–Kier alpha value is -2.38. The molecule has 3 amide bonds. The molecule has 1 saturated carbocycles. The molecule has 0 radical (unpaired) electrons. The largest absolute Gasteiger partial charge is 0.359 e. The van der Waals surface area contributed by atoms with Crippen LogP contribution in [0.2, 0.25) is 5.02 Å². The molecule has 8 heteroatoms. The smallest absolute Gasteiger partial charge is 0.246 e. The highest BCUT2D eigenvalue weighted by atomic mass is 35.5. The molecule has 7 nitrogen and oxygen atoms in total. The summed E-state index contributed by atoms with van der Waals surface area (Å²) < 4.78 is 6.39. The Kier molecular flexibility index (Phi) is 6.66. The number of ether oxygens (including phenoxy) is 1. The van der Waals surface area contributed by atoms with Gasteiger partial charge in [0.1, 0.15) is 11.6 Å². The second-order valence-electron chi connectivity index (χ2n) is 11.1. The summed E-state index contributed by atoms with van der Waals surface area (Å²) >= 11 is 6.25. The van der Waals surface area contributed by atoms with Crippen molar-refractivity contribution >= 4 is 35.0 Å². The van der Waals surface area contributed by atoms with Crippen LogP contribution in [0.1, 0.15) is 52.0 Å². The molecule has 1 aliphatic carbocycles. The van der Waals surface area contributed by atoms with Gasteiger partial charge in [-0.05, 0) is 49.3 Å². The number of amides is 3. The predicted octanol–water partition coefficient (Wildman–Crippen LogP) is 4.09. The zero-order chi connectivity index (χ0) is 25.8. The average molecular weight is 514 g/mol. The van der Waals surface area contributed by atoms with E-state index in [9.17, 15) is 14.4 Å². The molecule has 8 unspecified atom stereocenters. The molecular weight excluding hydrogens is 478 g/mol. The van der Waals surface area contributed by atoms with Gasteiger partial charge in [-0.2, -0.15) is 0 Å². The van der Waals surface area contributed by atoms with Crippen molar-refractivity contribution in [3.05, 3.63) is 40.9 Å². The van der Waals surface area contributed by atoms with Gasteiger partial charge in [-0.25, -0.2) is 0 Å². The van der Waals surface area contributed by atoms with Crippen molar-refractivity contribution in [3.63, 3.8) is 0 Å². The van der Waals surface area contributed by atoms with E-state index in [1.165, 1.54) is 6.42 Å². The van der Waals surface area contributed by atoms with Gasteiger partial charge < -0.3 is 20.3 Å². The molecule has 4 aliphatic rings. The number of likely N-dealkylation sites (tertiary alicyclic amines) is 1. The maximum Gasteiger partial charge on any atom is 0.246 e. The van der Waals surface area contributed by atoms with Crippen molar-refractivity contribution < 1.29 is 19.1 Å². The van der Waals surface area contributed by atoms with E-state index in [1.807, 2.05) is 32.1 Å². The van der Waals surface area contributed by atoms with Gasteiger partial charge in [-0.1, -0.05) is 63.4 Å². The minimum absolute atomic E-state index is 0.0724. The van der Waals surface area contributed by atoms with Gasteiger partial charge >= 0.3 is 0 Å². The van der Waals surface area contributed by atoms with Crippen LogP contribution >= 0.6 is 11.6 Å². The second-order valence-corrected chi connectivity index (χ2v) is 11.5. The van der Waals surface area contributed by atoms with E-state index in [-0.39, 0.29) is 23.8 Å². The Morgan fingerprint density at radius 1 is 1.22 bits per heavy atom. The molecule has 3 heterocycles. The fraction of sp³-hybridized carbons (Fsp3) is 0.607. The van der Waals surface area contributed by atoms with Gasteiger partial charge in [-0.15, -0.1) is 0 Å². The monoisotopic (exact) mass is 513 g/mol. The van der Waals surface area contributed by atoms with E-state index < -0.39 is 29.6 Å². The number of halogens is 1. The van der Waals surface area contributed by atoms with Crippen LogP contribution in [0.4, 0.5) is 5.69 Å². The molecule has 194 valence electrons. The third-order valence-electron chi connectivity index (χ3n) is 8.86. The number of carbonyl (C=O) groups is 3. The van der Waals surface area contributed by atoms with Crippen LogP contribution in [-0.2, 0) is 19.1 Å². The first-order valence-corrected chi connectivity index (χ1v) is 13.6. The molecule has 1 spiro atoms. The Labute approximate surface area is 218 Å². The van der Waals surface area contributed by atoms with Crippen LogP contribution in [0, 0.1) is 30.6 Å². The highest BCUT2D eigenvalue weighted by molar-refractivity contribution is 6.31. The van der Waals surface area contributed by atoms with Crippen LogP contribution in [0.5, 0.6) is 0 Å². The third kappa shape index (κ3) is 3.95. The number of rotatable bonds is 6. The number of aryl methyl sites for hydroxylation is 1. The quantitative estimate of drug-likeness (QED) is 0.561. The molecule has 3 aliphatic heterocycles. The molecule has 3 fully saturated rings. The lowest BCUT2D eigenvalue weighted by Crippen LogP contribution is -2.57. The number of benzene rings is 1. The van der Waals surface area contributed by atoms with Gasteiger partial charge in [0.05, 0.1) is 17.9 Å². The number of hydrogen-bond donors (Lipinski definition) is 2. The number of fused-ring (bicyclic) bond motifs is 1. The Morgan fingerprint density at radius 2 is 2.00 bits per heavy atom. The van der Waals surface area contributed by atoms with Crippen molar-refractivity contribution in [2.75, 3.05) is 11.9 Å². The number of anilines is 1. The summed E-state index contributed by atoms with van der Waals surface area (Å²) in [5, 5.41) is 6.76. The van der Waals surface area contributed by atoms with Crippen molar-refractivity contribution in [3.8, 4) is 0 Å². The van der Waals surface area contributed by atoms with Gasteiger partial charge in [0, 0.05) is 23.3 Å². The maximum atomic E-state index is 13.8. The minimum Gasteiger partial charge on any atom is -0.359 e. The van der Waals surface area contributed by atoms with Crippen molar-refractivity contribution in [1.82, 2.24) is 10.2 Å². The van der Waals surface area contributed by atoms with Crippen LogP contribution in [-0.4, -0.2) is 53.0 Å². The van der Waals surface area contributed by atoms with E-state index in [0.717, 1.165) is 18.4 Å². The van der Waals surface area contributed by atoms with Gasteiger partial charge in [0.25, 0.3) is 0 Å². The Morgan fingerprint density at radius 3 is 2.72 bits per heavy atom. The maximum absolute atomic E-state index is 13.8. The summed E-state index contributed by atoms with van der Waals surface area (Å²) in [4.78, 5) is 42.7. The SMILES string of the molecule is CCCN1C(=O)C2C(C(=O)Nc3ccc(C)c(Cl)c3)C3C=CC2(O3)C1C(=O)NC1CCCC(C)C1C. The lowest BCUT2D eigenvalue weighted by atomic mass is 9.73. The summed E-state index contributed by atoms with van der Waals surface area (Å²) in [6, 6.07) is 4.63. The van der Waals surface area contributed by atoms with E-state index in [2.05, 4.69) is 24.5 Å². The number of hydrogen-bond acceptors (Lipinski definition) is 4. The van der Waals surface area contributed by atoms with Crippen molar-refractivity contribution in [2.24, 2.45) is 23.7 Å². The zero-order valence-electron chi connectivity index (χ0n) is 21.4. The molecule has 5 rings (SSSR count). The van der Waals surface area contributed by atoms with E-state index in [4.69, 9.17) is 16.3 Å². The number of nitrogens with one attached hydrogen (secondary N) is 2. The molecule has 1 aromatic carbocycles. The topological polar surface area (TPSA) is 87.7 Å². The summed E-state index contributed by atoms with van der Waals surface area (Å²) in [6.45, 7) is 8.74. The number of carbonyl (C=O) groups excluding carboxylic acids is 3. The van der Waals surface area contributed by atoms with Crippen LogP contribution in [0.3, 0.4) is 0 Å². The molecule has 2 saturated heterocycles. The van der Waals surface area contributed by atoms with Gasteiger partial charge in [0.15, 0.2) is 0 Å². The minimum atomic E-state index is -1.13. The fourth-order valence-corrected chi connectivity index (χ4v) is 6.87. The van der Waals surface area contributed by atoms with Crippen molar-refractivity contribution in [1.29, 1.82) is 0 Å². The van der Waals surface area contributed by atoms with Crippen LogP contribution < -0.4 is 10.6 Å². The summed E-state index contributed by atoms with van der Waals surface area (Å²) in [5.41, 5.74) is 0.357. The highest BCUT2D eigenvalue weighted by Crippen LogP contribution is 2.55. The lowest BCUT2D eigenvalue weighted by Gasteiger charge is -2.38. The first-order valence-electron chi connectivity index (χ1n) is 13.2. The molecular formula is C28H36ClN3O4. The summed E-state index contributed by atoms with van der Waals surface area (Å²) in [7, 11) is 0. The molecule has 0 aromatic heterocycles. The molecule has 2 N–H and O–H groups in total.